The van der Waals surface area contributed by atoms with Crippen LogP contribution in [0.2, 0.25) is 10.0 Å². The molecule has 0 aromatic heterocycles. The molecule has 0 radical (unpaired) electrons. The van der Waals surface area contributed by atoms with E-state index in [1.807, 2.05) is 0 Å². The van der Waals surface area contributed by atoms with Crippen molar-refractivity contribution in [3.63, 3.8) is 0 Å². The number of nitrogens with one attached hydrogen (secondary N) is 1. The first kappa shape index (κ1) is 17.2. The lowest BCUT2D eigenvalue weighted by Gasteiger charge is -2.18. The first-order chi connectivity index (χ1) is 9.04. The van der Waals surface area contributed by atoms with Crippen LogP contribution in [0.3, 0.4) is 0 Å². The summed E-state index contributed by atoms with van der Waals surface area (Å²) in [5, 5.41) is 1.35. The van der Waals surface area contributed by atoms with Gasteiger partial charge in [-0.1, -0.05) is 23.2 Å². The fourth-order valence-corrected chi connectivity index (χ4v) is 2.48. The van der Waals surface area contributed by atoms with E-state index in [2.05, 4.69) is 5.32 Å². The first-order valence-electron chi connectivity index (χ1n) is 5.67. The van der Waals surface area contributed by atoms with Gasteiger partial charge in [-0.15, -0.1) is 0 Å². The molecule has 1 aromatic rings. The van der Waals surface area contributed by atoms with Crippen LogP contribution in [0, 0.1) is 5.82 Å². The highest BCUT2D eigenvalue weighted by atomic mass is 35.5. The van der Waals surface area contributed by atoms with Crippen molar-refractivity contribution >= 4 is 38.9 Å². The fraction of sp³-hybridized carbons (Fsp3) is 0.417. The third kappa shape index (κ3) is 4.07. The lowest BCUT2D eigenvalue weighted by molar-refractivity contribution is -0.121. The molecule has 1 N–H and O–H groups in total. The average molecular weight is 342 g/mol. The lowest BCUT2D eigenvalue weighted by atomic mass is 10.1. The Morgan fingerprint density at radius 3 is 2.30 bits per heavy atom. The molecule has 0 bridgehead atoms. The van der Waals surface area contributed by atoms with Crippen LogP contribution in [0.15, 0.2) is 12.1 Å². The molecule has 0 aliphatic heterocycles. The lowest BCUT2D eigenvalue weighted by Crippen LogP contribution is -2.38. The normalized spacial score (nSPS) is 14.7. The highest BCUT2D eigenvalue weighted by Gasteiger charge is 2.25. The van der Waals surface area contributed by atoms with Crippen LogP contribution in [-0.4, -0.2) is 25.8 Å². The molecule has 2 atom stereocenters. The number of sulfone groups is 1. The van der Waals surface area contributed by atoms with E-state index in [0.29, 0.717) is 5.56 Å². The van der Waals surface area contributed by atoms with Crippen LogP contribution >= 0.6 is 23.2 Å². The predicted octanol–water partition coefficient (Wildman–Crippen LogP) is 2.74. The summed E-state index contributed by atoms with van der Waals surface area (Å²) in [6, 6.07) is 1.70. The Bertz CT molecular complexity index is 634. The Labute approximate surface area is 127 Å². The molecule has 0 spiro atoms. The molecule has 0 heterocycles. The van der Waals surface area contributed by atoms with Gasteiger partial charge in [0.2, 0.25) is 5.91 Å². The van der Waals surface area contributed by atoms with Crippen molar-refractivity contribution in [2.45, 2.75) is 25.1 Å². The number of hydrogen-bond donors (Lipinski definition) is 1. The van der Waals surface area contributed by atoms with Gasteiger partial charge in [-0.25, -0.2) is 12.8 Å². The largest absolute Gasteiger partial charge is 0.348 e. The zero-order valence-corrected chi connectivity index (χ0v) is 13.4. The second kappa shape index (κ2) is 6.28. The van der Waals surface area contributed by atoms with Crippen LogP contribution in [-0.2, 0) is 14.6 Å². The van der Waals surface area contributed by atoms with Crippen LogP contribution in [0.25, 0.3) is 0 Å². The molecule has 1 amide bonds. The summed E-state index contributed by atoms with van der Waals surface area (Å²) in [5.41, 5.74) is 0.322. The molecule has 20 heavy (non-hydrogen) atoms. The van der Waals surface area contributed by atoms with Gasteiger partial charge in [-0.3, -0.25) is 4.79 Å². The van der Waals surface area contributed by atoms with Gasteiger partial charge in [-0.05, 0) is 31.5 Å². The van der Waals surface area contributed by atoms with Crippen molar-refractivity contribution in [1.82, 2.24) is 5.32 Å². The standard InChI is InChI=1S/C12H14Cl2FNO3S/c1-6(16-12(17)7(2)20(3,18)19)8-4-11(15)10(14)5-9(8)13/h4-7H,1-3H3,(H,16,17). The molecule has 0 saturated heterocycles. The maximum Gasteiger partial charge on any atom is 0.238 e. The summed E-state index contributed by atoms with van der Waals surface area (Å²) < 4.78 is 36.0. The maximum absolute atomic E-state index is 13.4. The molecule has 1 rings (SSSR count). The van der Waals surface area contributed by atoms with Gasteiger partial charge < -0.3 is 5.32 Å². The number of carbonyl (C=O) groups excluding carboxylic acids is 1. The topological polar surface area (TPSA) is 63.2 Å². The molecule has 2 unspecified atom stereocenters. The summed E-state index contributed by atoms with van der Waals surface area (Å²) in [6.45, 7) is 2.85. The van der Waals surface area contributed by atoms with Gasteiger partial charge in [0.15, 0.2) is 9.84 Å². The summed E-state index contributed by atoms with van der Waals surface area (Å²) in [6.07, 6.45) is 0.969. The van der Waals surface area contributed by atoms with Gasteiger partial charge in [0.25, 0.3) is 0 Å². The summed E-state index contributed by atoms with van der Waals surface area (Å²) in [4.78, 5) is 11.8. The minimum atomic E-state index is -3.50. The van der Waals surface area contributed by atoms with Crippen molar-refractivity contribution in [2.24, 2.45) is 0 Å². The molecule has 4 nitrogen and oxygen atoms in total. The number of hydrogen-bond acceptors (Lipinski definition) is 3. The molecule has 8 heteroatoms. The Kier molecular flexibility index (Phi) is 5.40. The van der Waals surface area contributed by atoms with Gasteiger partial charge in [0.1, 0.15) is 11.1 Å². The Morgan fingerprint density at radius 1 is 1.25 bits per heavy atom. The van der Waals surface area contributed by atoms with E-state index in [9.17, 15) is 17.6 Å². The minimum Gasteiger partial charge on any atom is -0.348 e. The highest BCUT2D eigenvalue weighted by Crippen LogP contribution is 2.28. The molecule has 112 valence electrons. The van der Waals surface area contributed by atoms with Crippen LogP contribution in [0.1, 0.15) is 25.5 Å². The highest BCUT2D eigenvalue weighted by molar-refractivity contribution is 7.92. The van der Waals surface area contributed by atoms with Gasteiger partial charge >= 0.3 is 0 Å². The Hall–Kier alpha value is -0.850. The number of carbonyl (C=O) groups is 1. The first-order valence-corrected chi connectivity index (χ1v) is 8.38. The molecular weight excluding hydrogens is 328 g/mol. The summed E-state index contributed by atoms with van der Waals surface area (Å²) in [7, 11) is -3.50. The smallest absolute Gasteiger partial charge is 0.238 e. The summed E-state index contributed by atoms with van der Waals surface area (Å²) in [5.74, 6) is -1.34. The molecule has 0 fully saturated rings. The van der Waals surface area contributed by atoms with E-state index in [-0.39, 0.29) is 10.0 Å². The van der Waals surface area contributed by atoms with Crippen molar-refractivity contribution < 1.29 is 17.6 Å². The van der Waals surface area contributed by atoms with Crippen LogP contribution in [0.4, 0.5) is 4.39 Å². The van der Waals surface area contributed by atoms with Gasteiger partial charge in [0.05, 0.1) is 11.1 Å². The molecule has 0 saturated carbocycles. The van der Waals surface area contributed by atoms with Gasteiger partial charge in [-0.2, -0.15) is 0 Å². The van der Waals surface area contributed by atoms with Gasteiger partial charge in [0, 0.05) is 11.3 Å². The maximum atomic E-state index is 13.4. The third-order valence-corrected chi connectivity index (χ3v) is 4.99. The zero-order chi connectivity index (χ0) is 15.7. The molecule has 0 aliphatic carbocycles. The number of rotatable bonds is 4. The average Bonchev–Trinajstić information content (AvgIpc) is 2.31. The van der Waals surface area contributed by atoms with E-state index in [0.717, 1.165) is 12.3 Å². The van der Waals surface area contributed by atoms with Crippen molar-refractivity contribution in [2.75, 3.05) is 6.26 Å². The van der Waals surface area contributed by atoms with E-state index in [1.165, 1.54) is 13.0 Å². The third-order valence-electron chi connectivity index (χ3n) is 2.88. The summed E-state index contributed by atoms with van der Waals surface area (Å²) >= 11 is 11.5. The van der Waals surface area contributed by atoms with Crippen molar-refractivity contribution in [3.05, 3.63) is 33.6 Å². The van der Waals surface area contributed by atoms with E-state index < -0.39 is 32.9 Å². The molecular formula is C12H14Cl2FNO3S. The quantitative estimate of drug-likeness (QED) is 0.856. The number of amides is 1. The number of halogens is 3. The number of benzene rings is 1. The molecule has 0 aliphatic rings. The predicted molar refractivity (Wildman–Crippen MR) is 77.3 cm³/mol. The second-order valence-electron chi connectivity index (χ2n) is 4.49. The van der Waals surface area contributed by atoms with E-state index >= 15 is 0 Å². The second-order valence-corrected chi connectivity index (χ2v) is 7.67. The minimum absolute atomic E-state index is 0.123. The van der Waals surface area contributed by atoms with Crippen LogP contribution < -0.4 is 5.32 Å². The van der Waals surface area contributed by atoms with Crippen molar-refractivity contribution in [1.29, 1.82) is 0 Å². The molecule has 1 aromatic carbocycles. The fourth-order valence-electron chi connectivity index (χ4n) is 1.47. The SMILES string of the molecule is CC(NC(=O)C(C)S(C)(=O)=O)c1cc(F)c(Cl)cc1Cl. The van der Waals surface area contributed by atoms with Crippen molar-refractivity contribution in [3.8, 4) is 0 Å². The van der Waals surface area contributed by atoms with E-state index in [4.69, 9.17) is 23.2 Å². The van der Waals surface area contributed by atoms with Crippen LogP contribution in [0.5, 0.6) is 0 Å². The Balaban J connectivity index is 2.95. The monoisotopic (exact) mass is 341 g/mol. The zero-order valence-electron chi connectivity index (χ0n) is 11.1. The van der Waals surface area contributed by atoms with E-state index in [1.54, 1.807) is 6.92 Å². The Morgan fingerprint density at radius 2 is 1.80 bits per heavy atom.